The highest BCUT2D eigenvalue weighted by atomic mass is 79.9. The van der Waals surface area contributed by atoms with E-state index >= 15 is 0 Å². The lowest BCUT2D eigenvalue weighted by Gasteiger charge is -2.38. The number of nitrogens with zero attached hydrogens (tertiary/aromatic N) is 7. The summed E-state index contributed by atoms with van der Waals surface area (Å²) >= 11 is 3.51. The number of methoxy groups -OCH3 is 1. The molecule has 0 aliphatic carbocycles. The maximum absolute atomic E-state index is 13.3. The van der Waals surface area contributed by atoms with Crippen molar-refractivity contribution in [3.05, 3.63) is 111 Å². The van der Waals surface area contributed by atoms with Gasteiger partial charge >= 0.3 is 0 Å². The van der Waals surface area contributed by atoms with E-state index in [9.17, 15) is 34.0 Å². The number of amides is 6. The summed E-state index contributed by atoms with van der Waals surface area (Å²) in [5, 5.41) is 20.7. The molecule has 0 saturated carbocycles. The molecule has 2 aromatic heterocycles. The molecule has 5 heterocycles. The number of halogens is 1. The molecule has 3 aliphatic heterocycles. The monoisotopic (exact) mass is 1000 g/mol. The van der Waals surface area contributed by atoms with Crippen molar-refractivity contribution in [3.63, 3.8) is 0 Å². The standard InChI is InChI=1S/C47H46BrN11O10/c1-3-34-41-33(22-49)52-26-58(41)36-23-51-47(56-42(36)57(34)24-27-7-10-29(48)11-8-27)54-31-12-9-28(21-37(31)66-2)43(62)50-15-16-67-17-18-68-19-20-69-25-39(61)53-32-6-4-5-30-40(32)46(65)59(45(30)64)35-13-14-38(60)55-44(35)63/h4-12,21,23,26,34-35H,3,13-20,24-25H2,1-2H3,(H,50,62)(H,53,61)(H,51,54,56)(H,55,60,63)/t34-,35?/m1/s1. The van der Waals surface area contributed by atoms with Crippen LogP contribution in [0.2, 0.25) is 0 Å². The minimum atomic E-state index is -1.13. The van der Waals surface area contributed by atoms with Crippen LogP contribution in [-0.4, -0.2) is 119 Å². The van der Waals surface area contributed by atoms with Gasteiger partial charge in [-0.3, -0.25) is 43.6 Å². The Morgan fingerprint density at radius 1 is 0.942 bits per heavy atom. The quantitative estimate of drug-likeness (QED) is 0.0624. The third-order valence-electron chi connectivity index (χ3n) is 11.5. The van der Waals surface area contributed by atoms with Gasteiger partial charge in [0.15, 0.2) is 11.5 Å². The molecule has 0 bridgehead atoms. The summed E-state index contributed by atoms with van der Waals surface area (Å²) in [4.78, 5) is 92.9. The first-order valence-electron chi connectivity index (χ1n) is 22.0. The Morgan fingerprint density at radius 2 is 1.71 bits per heavy atom. The van der Waals surface area contributed by atoms with E-state index < -0.39 is 35.6 Å². The number of nitrogens with one attached hydrogen (secondary N) is 4. The van der Waals surface area contributed by atoms with Gasteiger partial charge in [-0.2, -0.15) is 10.2 Å². The van der Waals surface area contributed by atoms with Gasteiger partial charge in [0, 0.05) is 29.5 Å². The van der Waals surface area contributed by atoms with Crippen LogP contribution < -0.4 is 30.9 Å². The summed E-state index contributed by atoms with van der Waals surface area (Å²) in [5.41, 5.74) is 3.89. The Morgan fingerprint density at radius 3 is 2.45 bits per heavy atom. The zero-order valence-corrected chi connectivity index (χ0v) is 39.0. The normalized spacial score (nSPS) is 16.0. The van der Waals surface area contributed by atoms with Crippen LogP contribution in [0, 0.1) is 11.3 Å². The number of fused-ring (bicyclic) bond motifs is 4. The van der Waals surface area contributed by atoms with Crippen molar-refractivity contribution in [2.24, 2.45) is 0 Å². The highest BCUT2D eigenvalue weighted by molar-refractivity contribution is 9.10. The van der Waals surface area contributed by atoms with Gasteiger partial charge in [0.05, 0.1) is 80.6 Å². The molecule has 4 N–H and O–H groups in total. The van der Waals surface area contributed by atoms with Crippen LogP contribution in [0.1, 0.15) is 80.3 Å². The van der Waals surface area contributed by atoms with Gasteiger partial charge in [-0.15, -0.1) is 0 Å². The van der Waals surface area contributed by atoms with Crippen LogP contribution in [-0.2, 0) is 35.1 Å². The Bertz CT molecular complexity index is 2850. The van der Waals surface area contributed by atoms with Gasteiger partial charge in [-0.25, -0.2) is 9.97 Å². The summed E-state index contributed by atoms with van der Waals surface area (Å²) in [6.45, 7) is 3.38. The van der Waals surface area contributed by atoms with Gasteiger partial charge in [-0.1, -0.05) is 41.1 Å². The topological polar surface area (TPSA) is 261 Å². The van der Waals surface area contributed by atoms with Crippen LogP contribution >= 0.6 is 15.9 Å². The van der Waals surface area contributed by atoms with Crippen molar-refractivity contribution in [2.45, 2.75) is 44.8 Å². The molecule has 356 valence electrons. The summed E-state index contributed by atoms with van der Waals surface area (Å²) in [6.07, 6.45) is 4.02. The molecule has 1 unspecified atom stereocenters. The predicted molar refractivity (Wildman–Crippen MR) is 250 cm³/mol. The van der Waals surface area contributed by atoms with E-state index in [4.69, 9.17) is 23.9 Å². The SMILES string of the molecule is CC[C@@H]1c2c(C#N)ncn2-c2cnc(Nc3ccc(C(=O)NCCOCCOCCOCC(=O)Nc4cccc5c4C(=O)N(C4CCC(=O)NC4=O)C5=O)cc3OC)nc2N1Cc1ccc(Br)cc1. The number of imidazole rings is 1. The summed E-state index contributed by atoms with van der Waals surface area (Å²) in [5.74, 6) is -2.18. The van der Waals surface area contributed by atoms with Crippen LogP contribution in [0.25, 0.3) is 5.69 Å². The Balaban J connectivity index is 0.756. The number of carbonyl (C=O) groups excluding carboxylic acids is 6. The fourth-order valence-electron chi connectivity index (χ4n) is 8.25. The minimum Gasteiger partial charge on any atom is -0.495 e. The molecule has 8 rings (SSSR count). The van der Waals surface area contributed by atoms with Gasteiger partial charge < -0.3 is 39.8 Å². The van der Waals surface area contributed by atoms with Gasteiger partial charge in [-0.05, 0) is 60.9 Å². The van der Waals surface area contributed by atoms with Crippen LogP contribution in [0.5, 0.6) is 5.75 Å². The third-order valence-corrected chi connectivity index (χ3v) is 12.0. The molecule has 0 spiro atoms. The second-order valence-electron chi connectivity index (χ2n) is 15.8. The molecular formula is C47H46BrN11O10. The van der Waals surface area contributed by atoms with E-state index in [0.717, 1.165) is 20.6 Å². The third kappa shape index (κ3) is 10.5. The summed E-state index contributed by atoms with van der Waals surface area (Å²) in [7, 11) is 1.50. The molecule has 5 aromatic rings. The van der Waals surface area contributed by atoms with Crippen molar-refractivity contribution >= 4 is 74.5 Å². The van der Waals surface area contributed by atoms with Gasteiger partial charge in [0.25, 0.3) is 17.7 Å². The number of carbonyl (C=O) groups is 6. The average molecular weight is 1000 g/mol. The number of imide groups is 2. The number of rotatable bonds is 20. The van der Waals surface area contributed by atoms with Gasteiger partial charge in [0.2, 0.25) is 23.7 Å². The maximum atomic E-state index is 13.3. The minimum absolute atomic E-state index is 0.0102. The predicted octanol–water partition coefficient (Wildman–Crippen LogP) is 4.34. The molecule has 2 atom stereocenters. The highest BCUT2D eigenvalue weighted by Crippen LogP contribution is 2.42. The Kier molecular flexibility index (Phi) is 15.0. The zero-order chi connectivity index (χ0) is 48.6. The first-order valence-corrected chi connectivity index (χ1v) is 22.8. The fourth-order valence-corrected chi connectivity index (χ4v) is 8.51. The smallest absolute Gasteiger partial charge is 0.264 e. The molecule has 0 radical (unpaired) electrons. The Labute approximate surface area is 403 Å². The first-order chi connectivity index (χ1) is 33.5. The largest absolute Gasteiger partial charge is 0.495 e. The molecule has 22 heteroatoms. The second kappa shape index (κ2) is 21.6. The molecule has 69 heavy (non-hydrogen) atoms. The van der Waals surface area contributed by atoms with Crippen LogP contribution in [0.4, 0.5) is 23.1 Å². The number of anilines is 4. The molecule has 1 fully saturated rings. The Hall–Kier alpha value is -7.58. The van der Waals surface area contributed by atoms with Crippen molar-refractivity contribution < 1.29 is 47.7 Å². The molecule has 3 aromatic carbocycles. The van der Waals surface area contributed by atoms with E-state index in [1.165, 1.54) is 25.3 Å². The van der Waals surface area contributed by atoms with E-state index in [-0.39, 0.29) is 87.8 Å². The lowest BCUT2D eigenvalue weighted by molar-refractivity contribution is -0.136. The number of benzene rings is 3. The van der Waals surface area contributed by atoms with Crippen molar-refractivity contribution in [1.29, 1.82) is 5.26 Å². The molecule has 3 aliphatic rings. The number of piperidine rings is 1. The number of hydrogen-bond acceptors (Lipinski definition) is 16. The zero-order valence-electron chi connectivity index (χ0n) is 37.5. The van der Waals surface area contributed by atoms with E-state index in [0.29, 0.717) is 53.1 Å². The molecular weight excluding hydrogens is 958 g/mol. The van der Waals surface area contributed by atoms with Crippen LogP contribution in [0.15, 0.2) is 77.7 Å². The number of ether oxygens (including phenoxy) is 4. The van der Waals surface area contributed by atoms with Gasteiger partial charge in [0.1, 0.15) is 36.5 Å². The molecule has 1 saturated heterocycles. The highest BCUT2D eigenvalue weighted by Gasteiger charge is 2.46. The summed E-state index contributed by atoms with van der Waals surface area (Å²) < 4.78 is 25.0. The van der Waals surface area contributed by atoms with Crippen molar-refractivity contribution in [1.82, 2.24) is 35.1 Å². The number of aromatic nitrogens is 4. The average Bonchev–Trinajstić information content (AvgIpc) is 3.89. The number of nitriles is 1. The molecule has 6 amide bonds. The van der Waals surface area contributed by atoms with E-state index in [1.54, 1.807) is 30.7 Å². The van der Waals surface area contributed by atoms with Crippen molar-refractivity contribution in [2.75, 3.05) is 68.8 Å². The second-order valence-corrected chi connectivity index (χ2v) is 16.8. The van der Waals surface area contributed by atoms with E-state index in [2.05, 4.69) is 65.1 Å². The first kappa shape index (κ1) is 47.9. The lowest BCUT2D eigenvalue weighted by atomic mass is 10.0. The van der Waals surface area contributed by atoms with Crippen molar-refractivity contribution in [3.8, 4) is 17.5 Å². The fraction of sp³-hybridized carbons (Fsp3) is 0.319. The van der Waals surface area contributed by atoms with Crippen LogP contribution in [0.3, 0.4) is 0 Å². The number of hydrogen-bond donors (Lipinski definition) is 4. The molecule has 21 nitrogen and oxygen atoms in total. The lowest BCUT2D eigenvalue weighted by Crippen LogP contribution is -2.54. The van der Waals surface area contributed by atoms with E-state index in [1.807, 2.05) is 28.8 Å². The maximum Gasteiger partial charge on any atom is 0.264 e. The summed E-state index contributed by atoms with van der Waals surface area (Å²) in [6, 6.07) is 18.4.